The van der Waals surface area contributed by atoms with Gasteiger partial charge in [-0.25, -0.2) is 0 Å². The number of allylic oxidation sites excluding steroid dienone is 2. The third kappa shape index (κ3) is 4.00. The molecule has 2 aromatic heterocycles. The molecule has 7 atom stereocenters. The second-order valence-corrected chi connectivity index (χ2v) is 14.5. The van der Waals surface area contributed by atoms with Crippen molar-refractivity contribution in [2.24, 2.45) is 45.3 Å². The van der Waals surface area contributed by atoms with Crippen LogP contribution in [0, 0.1) is 45.3 Å². The summed E-state index contributed by atoms with van der Waals surface area (Å²) in [5.41, 5.74) is 3.03. The Bertz CT molecular complexity index is 1360. The molecule has 0 spiro atoms. The van der Waals surface area contributed by atoms with Crippen LogP contribution in [0.1, 0.15) is 90.7 Å². The molecule has 4 fully saturated rings. The number of nitrogens with zero attached hydrogens (tertiary/aromatic N) is 2. The first-order valence-electron chi connectivity index (χ1n) is 15.3. The topological polar surface area (TPSA) is 59.9 Å². The number of Topliss-reactive ketones (excluding diaryl/α,β-unsaturated/α-hetero) is 1. The van der Waals surface area contributed by atoms with Gasteiger partial charge in [-0.2, -0.15) is 0 Å². The molecule has 40 heavy (non-hydrogen) atoms. The smallest absolute Gasteiger partial charge is 0.164 e. The van der Waals surface area contributed by atoms with Gasteiger partial charge in [-0.05, 0) is 132 Å². The molecule has 4 nitrogen and oxygen atoms in total. The van der Waals surface area contributed by atoms with Crippen LogP contribution in [-0.4, -0.2) is 21.5 Å². The van der Waals surface area contributed by atoms with E-state index in [0.29, 0.717) is 29.3 Å². The lowest BCUT2D eigenvalue weighted by atomic mass is 9.35. The van der Waals surface area contributed by atoms with Crippen molar-refractivity contribution in [3.8, 4) is 0 Å². The van der Waals surface area contributed by atoms with Crippen LogP contribution in [0.25, 0.3) is 12.2 Å². The van der Waals surface area contributed by atoms with Gasteiger partial charge in [-0.15, -0.1) is 0 Å². The molecule has 0 aromatic carbocycles. The highest BCUT2D eigenvalue weighted by atomic mass is 16.1. The van der Waals surface area contributed by atoms with E-state index in [4.69, 9.17) is 0 Å². The van der Waals surface area contributed by atoms with Crippen LogP contribution in [0.4, 0.5) is 0 Å². The van der Waals surface area contributed by atoms with Gasteiger partial charge in [-0.1, -0.05) is 40.7 Å². The number of ketones is 2. The van der Waals surface area contributed by atoms with Gasteiger partial charge in [0, 0.05) is 36.1 Å². The van der Waals surface area contributed by atoms with Gasteiger partial charge < -0.3 is 0 Å². The van der Waals surface area contributed by atoms with Gasteiger partial charge in [0.15, 0.2) is 11.6 Å². The summed E-state index contributed by atoms with van der Waals surface area (Å²) in [6.07, 6.45) is 20.5. The van der Waals surface area contributed by atoms with E-state index < -0.39 is 0 Å². The average Bonchev–Trinajstić information content (AvgIpc) is 3.30. The molecule has 2 heterocycles. The zero-order valence-electron chi connectivity index (χ0n) is 24.8. The van der Waals surface area contributed by atoms with Gasteiger partial charge in [0.2, 0.25) is 0 Å². The normalized spacial score (nSPS) is 39.5. The fourth-order valence-corrected chi connectivity index (χ4v) is 10.5. The summed E-state index contributed by atoms with van der Waals surface area (Å²) in [6, 6.07) is 7.89. The van der Waals surface area contributed by atoms with E-state index in [1.54, 1.807) is 24.8 Å². The van der Waals surface area contributed by atoms with Crippen molar-refractivity contribution in [2.45, 2.75) is 79.6 Å². The SMILES string of the molecule is CC1(C)C(=O)/C(=C\c2ccncc2)C[C@]2(C)[C@H]3CC[C@@H]4[C@@H](C(=O)/C=C\c5ccncc5)CC[C@@]4(C)[C@]3(C)CC[C@@H]12. The van der Waals surface area contributed by atoms with Crippen molar-refractivity contribution in [1.29, 1.82) is 0 Å². The molecule has 0 unspecified atom stereocenters. The molecule has 4 aliphatic carbocycles. The Hall–Kier alpha value is -2.88. The van der Waals surface area contributed by atoms with Crippen molar-refractivity contribution < 1.29 is 9.59 Å². The molecule has 4 saturated carbocycles. The number of pyridine rings is 2. The van der Waals surface area contributed by atoms with E-state index >= 15 is 0 Å². The largest absolute Gasteiger partial charge is 0.295 e. The van der Waals surface area contributed by atoms with Crippen molar-refractivity contribution in [2.75, 3.05) is 0 Å². The maximum absolute atomic E-state index is 13.9. The predicted octanol–water partition coefficient (Wildman–Crippen LogP) is 8.01. The van der Waals surface area contributed by atoms with Gasteiger partial charge in [0.05, 0.1) is 0 Å². The Morgan fingerprint density at radius 3 is 2.10 bits per heavy atom. The zero-order valence-corrected chi connectivity index (χ0v) is 24.8. The molecule has 0 bridgehead atoms. The number of hydrogen-bond acceptors (Lipinski definition) is 4. The van der Waals surface area contributed by atoms with E-state index in [2.05, 4.69) is 50.7 Å². The van der Waals surface area contributed by atoms with Gasteiger partial charge in [0.25, 0.3) is 0 Å². The number of carbonyl (C=O) groups is 2. The quantitative estimate of drug-likeness (QED) is 0.371. The maximum atomic E-state index is 13.9. The average molecular weight is 537 g/mol. The van der Waals surface area contributed by atoms with Crippen molar-refractivity contribution in [3.05, 3.63) is 71.8 Å². The number of rotatable bonds is 4. The summed E-state index contributed by atoms with van der Waals surface area (Å²) in [5, 5.41) is 0. The van der Waals surface area contributed by atoms with Gasteiger partial charge in [0.1, 0.15) is 0 Å². The fourth-order valence-electron chi connectivity index (χ4n) is 10.5. The molecular weight excluding hydrogens is 492 g/mol. The lowest BCUT2D eigenvalue weighted by Crippen LogP contribution is -2.63. The van der Waals surface area contributed by atoms with E-state index in [0.717, 1.165) is 61.6 Å². The van der Waals surface area contributed by atoms with Crippen LogP contribution in [0.5, 0.6) is 0 Å². The van der Waals surface area contributed by atoms with Gasteiger partial charge in [-0.3, -0.25) is 19.6 Å². The third-order valence-corrected chi connectivity index (χ3v) is 12.5. The van der Waals surface area contributed by atoms with Crippen LogP contribution in [0.15, 0.2) is 60.7 Å². The molecule has 0 amide bonds. The minimum absolute atomic E-state index is 0.0561. The molecule has 0 radical (unpaired) electrons. The molecule has 210 valence electrons. The number of carbonyl (C=O) groups excluding carboxylic acids is 2. The van der Waals surface area contributed by atoms with Crippen LogP contribution in [0.3, 0.4) is 0 Å². The third-order valence-electron chi connectivity index (χ3n) is 12.5. The predicted molar refractivity (Wildman–Crippen MR) is 160 cm³/mol. The molecule has 4 aliphatic rings. The summed E-state index contributed by atoms with van der Waals surface area (Å²) in [5.74, 6) is 2.06. The Balaban J connectivity index is 1.31. The van der Waals surface area contributed by atoms with E-state index in [1.807, 2.05) is 36.4 Å². The highest BCUT2D eigenvalue weighted by molar-refractivity contribution is 6.04. The summed E-state index contributed by atoms with van der Waals surface area (Å²) in [4.78, 5) is 35.7. The highest BCUT2D eigenvalue weighted by Crippen LogP contribution is 2.75. The first-order valence-corrected chi connectivity index (χ1v) is 15.3. The second-order valence-electron chi connectivity index (χ2n) is 14.5. The minimum Gasteiger partial charge on any atom is -0.295 e. The Morgan fingerprint density at radius 2 is 1.43 bits per heavy atom. The van der Waals surface area contributed by atoms with E-state index in [9.17, 15) is 9.59 Å². The number of aromatic nitrogens is 2. The van der Waals surface area contributed by atoms with E-state index in [-0.39, 0.29) is 27.6 Å². The van der Waals surface area contributed by atoms with Crippen molar-refractivity contribution in [3.63, 3.8) is 0 Å². The molecule has 0 N–H and O–H groups in total. The van der Waals surface area contributed by atoms with Crippen LogP contribution < -0.4 is 0 Å². The number of fused-ring (bicyclic) bond motifs is 5. The van der Waals surface area contributed by atoms with Crippen molar-refractivity contribution in [1.82, 2.24) is 9.97 Å². The number of hydrogen-bond donors (Lipinski definition) is 0. The summed E-state index contributed by atoms with van der Waals surface area (Å²) >= 11 is 0. The van der Waals surface area contributed by atoms with Gasteiger partial charge >= 0.3 is 0 Å². The zero-order chi connectivity index (χ0) is 28.3. The summed E-state index contributed by atoms with van der Waals surface area (Å²) < 4.78 is 0. The summed E-state index contributed by atoms with van der Waals surface area (Å²) in [7, 11) is 0. The Morgan fingerprint density at radius 1 is 0.800 bits per heavy atom. The lowest BCUT2D eigenvalue weighted by Gasteiger charge is -2.69. The lowest BCUT2D eigenvalue weighted by molar-refractivity contribution is -0.196. The van der Waals surface area contributed by atoms with Crippen LogP contribution >= 0.6 is 0 Å². The monoisotopic (exact) mass is 536 g/mol. The first kappa shape index (κ1) is 27.3. The Labute approximate surface area is 239 Å². The summed E-state index contributed by atoms with van der Waals surface area (Å²) in [6.45, 7) is 12.0. The Kier molecular flexibility index (Phi) is 6.55. The maximum Gasteiger partial charge on any atom is 0.164 e. The molecular formula is C36H44N2O2. The van der Waals surface area contributed by atoms with Crippen LogP contribution in [-0.2, 0) is 9.59 Å². The molecule has 2 aromatic rings. The fraction of sp³-hybridized carbons (Fsp3) is 0.556. The molecule has 4 heteroatoms. The second kappa shape index (κ2) is 9.60. The molecule has 0 aliphatic heterocycles. The van der Waals surface area contributed by atoms with Crippen LogP contribution in [0.2, 0.25) is 0 Å². The van der Waals surface area contributed by atoms with E-state index in [1.165, 1.54) is 0 Å². The first-order chi connectivity index (χ1) is 19.0. The molecule has 0 saturated heterocycles. The highest BCUT2D eigenvalue weighted by Gasteiger charge is 2.69. The minimum atomic E-state index is -0.378. The molecule has 6 rings (SSSR count). The standard InChI is InChI=1S/C36H44N2O2/c1-33(2)30-11-17-36(5)31(34(30,3)23-26(32(33)40)22-25-14-20-38-21-15-25)9-7-28-27(10-16-35(28,36)4)29(39)8-6-24-12-18-37-19-13-24/h6,8,12-15,18-22,27-28,30-31H,7,9-11,16-17,23H2,1-5H3/b8-6-,26-22-/t27-,28+,30-,31+,34-,35+,36+/m0/s1. The van der Waals surface area contributed by atoms with Crippen molar-refractivity contribution >= 4 is 23.7 Å².